The summed E-state index contributed by atoms with van der Waals surface area (Å²) in [5, 5.41) is 19.4. The van der Waals surface area contributed by atoms with Crippen molar-refractivity contribution < 1.29 is 77.2 Å². The van der Waals surface area contributed by atoms with Crippen LogP contribution in [-0.4, -0.2) is 94.4 Å². The molecule has 0 radical (unpaired) electrons. The van der Waals surface area contributed by atoms with Gasteiger partial charge in [-0.3, -0.25) is 29.1 Å². The van der Waals surface area contributed by atoms with Gasteiger partial charge in [0, 0.05) is 38.6 Å². The number of rotatable bonds is 19. The fourth-order valence-electron chi connectivity index (χ4n) is 6.27. The van der Waals surface area contributed by atoms with Gasteiger partial charge in [0.2, 0.25) is 11.6 Å². The highest BCUT2D eigenvalue weighted by molar-refractivity contribution is 5.91. The Bertz CT molecular complexity index is 3070. The van der Waals surface area contributed by atoms with Crippen LogP contribution in [0.5, 0.6) is 11.5 Å². The smallest absolute Gasteiger partial charge is 0.461 e. The number of aryl methyl sites for hydroxylation is 2. The zero-order valence-electron chi connectivity index (χ0n) is 41.8. The van der Waals surface area contributed by atoms with Crippen molar-refractivity contribution in [2.45, 2.75) is 110 Å². The second-order valence-electron chi connectivity index (χ2n) is 17.2. The van der Waals surface area contributed by atoms with E-state index < -0.39 is 90.2 Å². The van der Waals surface area contributed by atoms with Crippen molar-refractivity contribution in [2.24, 2.45) is 5.73 Å². The van der Waals surface area contributed by atoms with Gasteiger partial charge in [-0.1, -0.05) is 34.7 Å². The molecule has 4 aromatic heterocycles. The van der Waals surface area contributed by atoms with Gasteiger partial charge in [-0.2, -0.15) is 8.78 Å². The average Bonchev–Trinajstić information content (AvgIpc) is 4.05. The number of aromatic nitrogens is 8. The second-order valence-corrected chi connectivity index (χ2v) is 17.2. The predicted octanol–water partition coefficient (Wildman–Crippen LogP) is 6.99. The summed E-state index contributed by atoms with van der Waals surface area (Å²) >= 11 is 0. The molecule has 31 heteroatoms. The first kappa shape index (κ1) is 62.0. The highest BCUT2D eigenvalue weighted by Crippen LogP contribution is 2.25. The van der Waals surface area contributed by atoms with Gasteiger partial charge >= 0.3 is 24.8 Å². The van der Waals surface area contributed by atoms with Crippen LogP contribution in [0.2, 0.25) is 0 Å². The van der Waals surface area contributed by atoms with Crippen LogP contribution in [-0.2, 0) is 48.7 Å². The molecule has 6 N–H and O–H groups in total. The molecule has 6 rings (SSSR count). The van der Waals surface area contributed by atoms with Crippen LogP contribution in [0.25, 0.3) is 0 Å². The Morgan fingerprint density at radius 2 is 1.22 bits per heavy atom. The zero-order chi connectivity index (χ0) is 58.0. The van der Waals surface area contributed by atoms with Crippen LogP contribution in [0, 0.1) is 11.6 Å². The number of nitrogens with zero attached hydrogens (tertiary/aromatic N) is 8. The summed E-state index contributed by atoms with van der Waals surface area (Å²) in [7, 11) is 0. The van der Waals surface area contributed by atoms with Crippen LogP contribution < -0.4 is 42.7 Å². The summed E-state index contributed by atoms with van der Waals surface area (Å²) in [5.74, 6) is -4.32. The summed E-state index contributed by atoms with van der Waals surface area (Å²) in [6.07, 6.45) is -8.62. The maximum atomic E-state index is 14.3. The van der Waals surface area contributed by atoms with Crippen LogP contribution in [0.1, 0.15) is 72.6 Å². The van der Waals surface area contributed by atoms with E-state index in [1.165, 1.54) is 64.5 Å². The van der Waals surface area contributed by atoms with Gasteiger partial charge < -0.3 is 44.9 Å². The van der Waals surface area contributed by atoms with E-state index in [1.54, 1.807) is 33.8 Å². The number of carbonyl (C=O) groups is 3. The number of benzene rings is 2. The number of amides is 2. The van der Waals surface area contributed by atoms with Gasteiger partial charge in [-0.15, -0.1) is 36.5 Å². The van der Waals surface area contributed by atoms with Gasteiger partial charge in [0.15, 0.2) is 11.4 Å². The second kappa shape index (κ2) is 28.0. The van der Waals surface area contributed by atoms with Crippen molar-refractivity contribution in [3.63, 3.8) is 0 Å². The molecule has 2 aromatic carbocycles. The molecule has 0 aliphatic heterocycles. The third kappa shape index (κ3) is 21.3. The predicted molar refractivity (Wildman–Crippen MR) is 256 cm³/mol. The molecular formula is C47H52F10N12O9. The number of pyridine rings is 2. The van der Waals surface area contributed by atoms with Crippen molar-refractivity contribution >= 4 is 29.3 Å². The Labute approximate surface area is 436 Å². The molecule has 2 amide bonds. The van der Waals surface area contributed by atoms with Gasteiger partial charge in [-0.25, -0.2) is 18.4 Å². The summed E-state index contributed by atoms with van der Waals surface area (Å²) in [4.78, 5) is 59.4. The molecule has 21 nitrogen and oxygen atoms in total. The van der Waals surface area contributed by atoms with Gasteiger partial charge in [0.1, 0.15) is 29.4 Å². The van der Waals surface area contributed by atoms with Crippen molar-refractivity contribution in [3.8, 4) is 11.5 Å². The third-order valence-corrected chi connectivity index (χ3v) is 9.76. The number of carbonyl (C=O) groups excluding carboxylic acids is 3. The summed E-state index contributed by atoms with van der Waals surface area (Å²) in [6.45, 7) is 6.16. The topological polar surface area (TPSA) is 270 Å². The highest BCUT2D eigenvalue weighted by Gasteiger charge is 2.32. The molecule has 0 aliphatic rings. The highest BCUT2D eigenvalue weighted by atomic mass is 19.4. The zero-order valence-corrected chi connectivity index (χ0v) is 41.8. The maximum Gasteiger partial charge on any atom is 0.573 e. The maximum absolute atomic E-state index is 14.3. The molecule has 6 aromatic rings. The van der Waals surface area contributed by atoms with E-state index in [4.69, 9.17) is 20.9 Å². The third-order valence-electron chi connectivity index (χ3n) is 9.76. The van der Waals surface area contributed by atoms with Crippen LogP contribution >= 0.6 is 0 Å². The normalized spacial score (nSPS) is 12.2. The lowest BCUT2D eigenvalue weighted by Gasteiger charge is -2.20. The minimum atomic E-state index is -4.83. The molecule has 4 heterocycles. The van der Waals surface area contributed by atoms with Gasteiger partial charge in [-0.05, 0) is 88.1 Å². The van der Waals surface area contributed by atoms with Crippen molar-refractivity contribution in [1.82, 2.24) is 44.4 Å². The molecule has 0 saturated heterocycles. The molecule has 0 spiro atoms. The molecule has 0 fully saturated rings. The Morgan fingerprint density at radius 1 is 0.718 bits per heavy atom. The van der Waals surface area contributed by atoms with E-state index in [1.807, 2.05) is 0 Å². The fraction of sp³-hybridized carbons (Fsp3) is 0.383. The number of anilines is 2. The molecule has 0 aliphatic carbocycles. The first-order valence-corrected chi connectivity index (χ1v) is 23.0. The van der Waals surface area contributed by atoms with E-state index in [9.17, 15) is 67.9 Å². The van der Waals surface area contributed by atoms with Crippen molar-refractivity contribution in [1.29, 1.82) is 0 Å². The number of halogens is 10. The molecule has 78 heavy (non-hydrogen) atoms. The molecule has 2 unspecified atom stereocenters. The molecule has 424 valence electrons. The quantitative estimate of drug-likeness (QED) is 0.0470. The lowest BCUT2D eigenvalue weighted by molar-refractivity contribution is -0.275. The van der Waals surface area contributed by atoms with E-state index >= 15 is 0 Å². The van der Waals surface area contributed by atoms with E-state index in [2.05, 4.69) is 40.7 Å². The number of hydrogen-bond donors (Lipinski definition) is 4. The molecular weight excluding hydrogens is 1070 g/mol. The molecule has 2 atom stereocenters. The van der Waals surface area contributed by atoms with Gasteiger partial charge in [0.25, 0.3) is 17.0 Å². The minimum Gasteiger partial charge on any atom is -0.461 e. The Kier molecular flexibility index (Phi) is 22.3. The van der Waals surface area contributed by atoms with Crippen molar-refractivity contribution in [2.75, 3.05) is 17.7 Å². The lowest BCUT2D eigenvalue weighted by Crippen LogP contribution is -2.31. The molecule has 0 saturated carbocycles. The Hall–Kier alpha value is -8.51. The Balaban J connectivity index is 0.000000275. The number of nitrogens with one attached hydrogen (secondary N) is 2. The number of hydrogen-bond acceptors (Lipinski definition) is 15. The summed E-state index contributed by atoms with van der Waals surface area (Å²) < 4.78 is 150. The number of nitrogen functional groups attached to an aromatic ring is 1. The average molecular weight is 1120 g/mol. The monoisotopic (exact) mass is 1120 g/mol. The minimum absolute atomic E-state index is 0.00336. The SMILES string of the molecule is CCOC(=O)c1cn(CCC(F)Cn2ccc(NC(=O)OC(C)(C)C)c(F)c2=O)nn1.NCc1cccc(OC(F)(F)F)c1.Nc1ccn(CC(F)CCn2cc(C(=O)NCc3cccc(OC(F)(F)F)c3)nn2)c(=O)c1F. The molecule has 0 bridgehead atoms. The van der Waals surface area contributed by atoms with Gasteiger partial charge in [0.05, 0.1) is 43.5 Å². The van der Waals surface area contributed by atoms with E-state index in [-0.39, 0.29) is 74.1 Å². The van der Waals surface area contributed by atoms with E-state index in [0.717, 1.165) is 33.4 Å². The number of alkyl halides is 8. The number of nitrogens with two attached hydrogens (primary N) is 2. The van der Waals surface area contributed by atoms with Crippen LogP contribution in [0.15, 0.2) is 95.0 Å². The first-order chi connectivity index (χ1) is 36.5. The fourth-order valence-corrected chi connectivity index (χ4v) is 6.27. The summed E-state index contributed by atoms with van der Waals surface area (Å²) in [5.41, 5.74) is 7.81. The van der Waals surface area contributed by atoms with Crippen molar-refractivity contribution in [3.05, 3.63) is 140 Å². The largest absolute Gasteiger partial charge is 0.573 e. The summed E-state index contributed by atoms with van der Waals surface area (Å²) in [6, 6.07) is 13.0. The standard InChI is InChI=1S/C20H19F5N6O3.C19H25F2N5O5.C8H8F3NO/c21-13(10-30-6-5-15(26)17(22)19(30)33)4-7-31-11-16(28-29-31)18(32)27-9-12-2-1-3-14(8-12)34-20(23,24)25;1-5-30-17(28)14-11-26(24-23-14)9-6-12(20)10-25-8-7-13(15(21)16(25)27)22-18(29)31-19(2,3)4;9-8(10,11)13-7-3-1-2-6(4-7)5-12/h1-3,5-6,8,11,13H,4,7,9-10,26H2,(H,27,32);7-8,11-12H,5-6,9-10H2,1-4H3,(H,22,29);1-4H,5,12H2. The van der Waals surface area contributed by atoms with E-state index in [0.29, 0.717) is 11.1 Å². The van der Waals surface area contributed by atoms with Crippen LogP contribution in [0.3, 0.4) is 0 Å². The lowest BCUT2D eigenvalue weighted by atomic mass is 10.2. The number of esters is 1. The first-order valence-electron chi connectivity index (χ1n) is 23.0. The Morgan fingerprint density at radius 3 is 1.74 bits per heavy atom. The van der Waals surface area contributed by atoms with Crippen LogP contribution in [0.4, 0.5) is 60.1 Å². The number of ether oxygens (including phenoxy) is 4.